The Labute approximate surface area is 262 Å². The van der Waals surface area contributed by atoms with Crippen LogP contribution in [0.1, 0.15) is 57.2 Å². The van der Waals surface area contributed by atoms with Gasteiger partial charge in [-0.1, -0.05) is 0 Å². The van der Waals surface area contributed by atoms with Crippen LogP contribution in [0.5, 0.6) is 0 Å². The summed E-state index contributed by atoms with van der Waals surface area (Å²) in [5, 5.41) is 2.95. The van der Waals surface area contributed by atoms with E-state index in [2.05, 4.69) is 131 Å². The maximum absolute atomic E-state index is 2.57. The third-order valence-corrected chi connectivity index (χ3v) is 12.4. The minimum Gasteiger partial charge on any atom is -1.00 e. The third kappa shape index (κ3) is 5.34. The van der Waals surface area contributed by atoms with Crippen molar-refractivity contribution < 1.29 is 47.6 Å². The summed E-state index contributed by atoms with van der Waals surface area (Å²) in [4.78, 5) is 0. The molecule has 3 aliphatic rings. The number of rotatable bonds is 6. The Morgan fingerprint density at radius 3 is 2.02 bits per heavy atom. The fourth-order valence-electron chi connectivity index (χ4n) is 6.41. The Bertz CT molecular complexity index is 1660. The molecule has 0 radical (unpaired) electrons. The molecule has 1 atom stereocenters. The number of hydrogen-bond donors (Lipinski definition) is 0. The van der Waals surface area contributed by atoms with Gasteiger partial charge in [0.2, 0.25) is 0 Å². The molecule has 3 heteroatoms. The predicted octanol–water partition coefficient (Wildman–Crippen LogP) is 1.44. The number of hydrogen-bond acceptors (Lipinski definition) is 0. The van der Waals surface area contributed by atoms with E-state index in [0.717, 1.165) is 19.3 Å². The van der Waals surface area contributed by atoms with Crippen molar-refractivity contribution >= 4 is 12.1 Å². The van der Waals surface area contributed by atoms with Crippen LogP contribution in [0.15, 0.2) is 125 Å². The molecule has 0 heterocycles. The largest absolute Gasteiger partial charge is 1.00 e. The molecular weight excluding hydrogens is 607 g/mol. The van der Waals surface area contributed by atoms with Gasteiger partial charge in [-0.25, -0.2) is 0 Å². The molecule has 0 aliphatic heterocycles. The zero-order valence-corrected chi connectivity index (χ0v) is 27.7. The Morgan fingerprint density at radius 1 is 0.825 bits per heavy atom. The molecule has 3 aromatic carbocycles. The van der Waals surface area contributed by atoms with Crippen LogP contribution < -0.4 is 35.3 Å². The SMILES string of the molecule is CCc1ccc2c(c1)=[C]([Zr+2]=[C](c1ccccc1)c1ccccc1)C1=C(C3=CC=CC3)C(C)(CC)C=C(C)C=21.[Cl-].[Cl-]. The van der Waals surface area contributed by atoms with Gasteiger partial charge in [-0.05, 0) is 0 Å². The van der Waals surface area contributed by atoms with E-state index < -0.39 is 22.8 Å². The maximum Gasteiger partial charge on any atom is -1.00 e. The van der Waals surface area contributed by atoms with Crippen molar-refractivity contribution in [1.29, 1.82) is 0 Å². The molecular formula is C37H35Cl2Zr. The molecule has 0 amide bonds. The fourth-order valence-corrected chi connectivity index (χ4v) is 10.3. The molecule has 3 aromatic rings. The molecule has 0 fully saturated rings. The zero-order chi connectivity index (χ0) is 26.3. The normalized spacial score (nSPS) is 18.7. The summed E-state index contributed by atoms with van der Waals surface area (Å²) in [5.41, 5.74) is 11.8. The van der Waals surface area contributed by atoms with Crippen molar-refractivity contribution in [3.05, 3.63) is 153 Å². The van der Waals surface area contributed by atoms with E-state index in [-0.39, 0.29) is 30.2 Å². The van der Waals surface area contributed by atoms with Gasteiger partial charge in [0.25, 0.3) is 0 Å². The Morgan fingerprint density at radius 2 is 1.48 bits per heavy atom. The molecule has 0 N–H and O–H groups in total. The first-order valence-electron chi connectivity index (χ1n) is 14.0. The Hall–Kier alpha value is -2.31. The zero-order valence-electron chi connectivity index (χ0n) is 23.7. The van der Waals surface area contributed by atoms with E-state index in [4.69, 9.17) is 0 Å². The predicted molar refractivity (Wildman–Crippen MR) is 159 cm³/mol. The van der Waals surface area contributed by atoms with Crippen molar-refractivity contribution in [3.63, 3.8) is 0 Å². The number of benzene rings is 3. The molecule has 3 aliphatic carbocycles. The fraction of sp³-hybridized carbons (Fsp3) is 0.216. The van der Waals surface area contributed by atoms with Crippen LogP contribution in [0.4, 0.5) is 0 Å². The van der Waals surface area contributed by atoms with Gasteiger partial charge in [0.15, 0.2) is 0 Å². The summed E-state index contributed by atoms with van der Waals surface area (Å²) in [6.07, 6.45) is 12.7. The summed E-state index contributed by atoms with van der Waals surface area (Å²) >= 11 is -1.24. The molecule has 0 bridgehead atoms. The molecule has 0 spiro atoms. The summed E-state index contributed by atoms with van der Waals surface area (Å²) in [6.45, 7) is 9.46. The van der Waals surface area contributed by atoms with E-state index in [1.54, 1.807) is 17.6 Å². The minimum atomic E-state index is -1.24. The second-order valence-corrected chi connectivity index (χ2v) is 14.0. The number of halogens is 2. The number of allylic oxidation sites excluding steroid dienone is 8. The van der Waals surface area contributed by atoms with E-state index in [1.165, 1.54) is 43.8 Å². The van der Waals surface area contributed by atoms with Gasteiger partial charge in [0.1, 0.15) is 0 Å². The first-order valence-corrected chi connectivity index (χ1v) is 16.4. The first kappa shape index (κ1) is 30.6. The second kappa shape index (κ2) is 12.7. The van der Waals surface area contributed by atoms with Crippen molar-refractivity contribution in [2.24, 2.45) is 5.41 Å². The average molecular weight is 642 g/mol. The molecule has 0 aromatic heterocycles. The van der Waals surface area contributed by atoms with Crippen LogP contribution in [0, 0.1) is 5.41 Å². The van der Waals surface area contributed by atoms with Crippen LogP contribution >= 0.6 is 0 Å². The second-order valence-electron chi connectivity index (χ2n) is 10.9. The van der Waals surface area contributed by atoms with Gasteiger partial charge < -0.3 is 24.8 Å². The summed E-state index contributed by atoms with van der Waals surface area (Å²) < 4.78 is 3.22. The van der Waals surface area contributed by atoms with E-state index in [1.807, 2.05) is 0 Å². The van der Waals surface area contributed by atoms with Crippen LogP contribution in [0.25, 0.3) is 8.85 Å². The van der Waals surface area contributed by atoms with Gasteiger partial charge in [-0.2, -0.15) is 0 Å². The van der Waals surface area contributed by atoms with Gasteiger partial charge >= 0.3 is 240 Å². The maximum atomic E-state index is 2.57. The van der Waals surface area contributed by atoms with E-state index in [9.17, 15) is 0 Å². The van der Waals surface area contributed by atoms with Crippen molar-refractivity contribution in [3.8, 4) is 0 Å². The molecule has 40 heavy (non-hydrogen) atoms. The minimum absolute atomic E-state index is 0. The molecule has 0 nitrogen and oxygen atoms in total. The summed E-state index contributed by atoms with van der Waals surface area (Å²) in [5.74, 6) is 0. The van der Waals surface area contributed by atoms with Crippen LogP contribution in [0.3, 0.4) is 0 Å². The number of fused-ring (bicyclic) bond motifs is 2. The summed E-state index contributed by atoms with van der Waals surface area (Å²) in [7, 11) is 0. The molecule has 0 saturated heterocycles. The standard InChI is InChI=1S/C24H25.C13H10.2ClH.Zr/c1-5-17-11-12-20-19(13-17)14-21-22(20)16(3)15-24(4,6-2)23(21)18-9-7-8-10-18;1-3-7-12(8-4-1)11-13-9-5-2-6-10-13;;;/h7-9,11-13,15H,5-6,10H2,1-4H3;1-10H;2*1H;/q;;;;+2/p-2. The molecule has 0 saturated carbocycles. The van der Waals surface area contributed by atoms with Crippen molar-refractivity contribution in [2.45, 2.75) is 47.0 Å². The van der Waals surface area contributed by atoms with Crippen LogP contribution in [-0.2, 0) is 29.2 Å². The van der Waals surface area contributed by atoms with Gasteiger partial charge in [-0.15, -0.1) is 0 Å². The van der Waals surface area contributed by atoms with Gasteiger partial charge in [0, 0.05) is 0 Å². The Balaban J connectivity index is 0.00000185. The third-order valence-electron chi connectivity index (χ3n) is 8.48. The topological polar surface area (TPSA) is 0 Å². The van der Waals surface area contributed by atoms with Crippen LogP contribution in [0.2, 0.25) is 0 Å². The van der Waals surface area contributed by atoms with E-state index >= 15 is 0 Å². The van der Waals surface area contributed by atoms with Crippen molar-refractivity contribution in [1.82, 2.24) is 0 Å². The monoisotopic (exact) mass is 639 g/mol. The van der Waals surface area contributed by atoms with Crippen LogP contribution in [-0.4, -0.2) is 3.21 Å². The first-order chi connectivity index (χ1) is 18.5. The summed E-state index contributed by atoms with van der Waals surface area (Å²) in [6, 6.07) is 29.6. The van der Waals surface area contributed by atoms with Gasteiger partial charge in [-0.3, -0.25) is 0 Å². The quantitative estimate of drug-likeness (QED) is 0.383. The smallest absolute Gasteiger partial charge is 1.00 e. The number of aryl methyl sites for hydroxylation is 1. The molecule has 6 rings (SSSR count). The average Bonchev–Trinajstić information content (AvgIpc) is 3.59. The molecule has 201 valence electrons. The Kier molecular flexibility index (Phi) is 9.72. The van der Waals surface area contributed by atoms with Crippen molar-refractivity contribution in [2.75, 3.05) is 0 Å². The van der Waals surface area contributed by atoms with E-state index in [0.29, 0.717) is 0 Å². The molecule has 1 unspecified atom stereocenters. The van der Waals surface area contributed by atoms with Gasteiger partial charge in [0.05, 0.1) is 0 Å².